The number of rotatable bonds is 7. The van der Waals surface area contributed by atoms with Gasteiger partial charge in [0, 0.05) is 29.1 Å². The number of nitrogens with two attached hydrogens (primary N) is 1. The molecule has 37 heavy (non-hydrogen) atoms. The lowest BCUT2D eigenvalue weighted by molar-refractivity contribution is -0.137. The Morgan fingerprint density at radius 1 is 1.11 bits per heavy atom. The van der Waals surface area contributed by atoms with Crippen LogP contribution in [0.2, 0.25) is 0 Å². The van der Waals surface area contributed by atoms with Gasteiger partial charge in [-0.25, -0.2) is 4.98 Å². The van der Waals surface area contributed by atoms with Crippen molar-refractivity contribution in [3.63, 3.8) is 0 Å². The predicted octanol–water partition coefficient (Wildman–Crippen LogP) is 7.37. The number of hydrogen-bond acceptors (Lipinski definition) is 4. The van der Waals surface area contributed by atoms with Gasteiger partial charge in [-0.2, -0.15) is 26.3 Å². The van der Waals surface area contributed by atoms with E-state index in [4.69, 9.17) is 11.1 Å². The molecule has 0 fully saturated rings. The fourth-order valence-electron chi connectivity index (χ4n) is 3.34. The zero-order chi connectivity index (χ0) is 27.8. The van der Waals surface area contributed by atoms with Crippen LogP contribution in [0, 0.1) is 23.2 Å². The van der Waals surface area contributed by atoms with Crippen LogP contribution < -0.4 is 5.73 Å². The van der Waals surface area contributed by atoms with Crippen molar-refractivity contribution < 1.29 is 26.3 Å². The van der Waals surface area contributed by atoms with E-state index in [0.717, 1.165) is 36.6 Å². The maximum absolute atomic E-state index is 13.9. The average Bonchev–Trinajstić information content (AvgIpc) is 2.82. The van der Waals surface area contributed by atoms with E-state index >= 15 is 0 Å². The molecular formula is C27H26F6N4. The van der Waals surface area contributed by atoms with E-state index in [0.29, 0.717) is 17.8 Å². The van der Waals surface area contributed by atoms with Gasteiger partial charge >= 0.3 is 12.4 Å². The first-order valence-electron chi connectivity index (χ1n) is 11.3. The van der Waals surface area contributed by atoms with Crippen molar-refractivity contribution in [1.82, 2.24) is 4.98 Å². The van der Waals surface area contributed by atoms with Gasteiger partial charge in [-0.3, -0.25) is 4.99 Å². The molecule has 3 N–H and O–H groups in total. The second-order valence-corrected chi connectivity index (χ2v) is 8.22. The molecule has 10 heteroatoms. The van der Waals surface area contributed by atoms with Gasteiger partial charge in [0.1, 0.15) is 5.82 Å². The Labute approximate surface area is 211 Å². The molecule has 1 heterocycles. The largest absolute Gasteiger partial charge is 0.416 e. The maximum Gasteiger partial charge on any atom is 0.416 e. The lowest BCUT2D eigenvalue weighted by Gasteiger charge is -2.19. The fourth-order valence-corrected chi connectivity index (χ4v) is 3.34. The van der Waals surface area contributed by atoms with Crippen molar-refractivity contribution in [2.24, 2.45) is 10.9 Å². The van der Waals surface area contributed by atoms with Crippen molar-refractivity contribution in [2.45, 2.75) is 46.0 Å². The molecule has 4 nitrogen and oxygen atoms in total. The van der Waals surface area contributed by atoms with Crippen LogP contribution in [0.3, 0.4) is 0 Å². The Hall–Kier alpha value is -3.87. The number of halogens is 6. The monoisotopic (exact) mass is 520 g/mol. The number of nitrogen functional groups attached to an aromatic ring is 1. The lowest BCUT2D eigenvalue weighted by atomic mass is 9.93. The van der Waals surface area contributed by atoms with Crippen molar-refractivity contribution in [3.8, 4) is 11.8 Å². The summed E-state index contributed by atoms with van der Waals surface area (Å²) < 4.78 is 80.9. The Bertz CT molecular complexity index is 1240. The molecule has 0 saturated carbocycles. The number of anilines is 1. The zero-order valence-electron chi connectivity index (χ0n) is 20.4. The van der Waals surface area contributed by atoms with E-state index in [1.807, 2.05) is 0 Å². The number of pyridine rings is 1. The third-order valence-electron chi connectivity index (χ3n) is 5.33. The zero-order valence-corrected chi connectivity index (χ0v) is 20.4. The minimum Gasteiger partial charge on any atom is -0.384 e. The number of aromatic nitrogens is 1. The molecule has 1 atom stereocenters. The molecule has 2 rings (SSSR count). The summed E-state index contributed by atoms with van der Waals surface area (Å²) in [6.45, 7) is 4.65. The van der Waals surface area contributed by atoms with Crippen LogP contribution >= 0.6 is 0 Å². The van der Waals surface area contributed by atoms with Crippen LogP contribution in [-0.4, -0.2) is 23.1 Å². The van der Waals surface area contributed by atoms with Gasteiger partial charge in [-0.15, -0.1) is 0 Å². The summed E-state index contributed by atoms with van der Waals surface area (Å²) in [6.07, 6.45) is -5.34. The second-order valence-electron chi connectivity index (χ2n) is 8.22. The topological polar surface area (TPSA) is 75.1 Å². The lowest BCUT2D eigenvalue weighted by Crippen LogP contribution is -2.20. The summed E-state index contributed by atoms with van der Waals surface area (Å²) >= 11 is 0. The maximum atomic E-state index is 13.9. The van der Waals surface area contributed by atoms with Crippen LogP contribution in [0.25, 0.3) is 0 Å². The molecule has 0 saturated heterocycles. The van der Waals surface area contributed by atoms with Gasteiger partial charge < -0.3 is 11.1 Å². The number of aliphatic imine (C=N–C) groups is 1. The summed E-state index contributed by atoms with van der Waals surface area (Å²) in [6, 6.07) is 6.85. The van der Waals surface area contributed by atoms with Gasteiger partial charge in [0.05, 0.1) is 22.5 Å². The van der Waals surface area contributed by atoms with Gasteiger partial charge in [0.2, 0.25) is 0 Å². The molecule has 1 aromatic carbocycles. The SMILES string of the molecule is CCCC(C)\C(=C/C(=N\C(C)=C(/C#Cc1ccc(N)nc1)C=N)c1ccc(C(F)(F)F)cc1)C(F)(F)F. The Kier molecular flexibility index (Phi) is 9.83. The molecule has 1 unspecified atom stereocenters. The number of benzene rings is 1. The molecule has 0 spiro atoms. The van der Waals surface area contributed by atoms with Gasteiger partial charge in [-0.1, -0.05) is 44.2 Å². The normalized spacial score (nSPS) is 14.4. The van der Waals surface area contributed by atoms with Crippen molar-refractivity contribution in [2.75, 3.05) is 5.73 Å². The minimum absolute atomic E-state index is 0.0535. The van der Waals surface area contributed by atoms with Crippen LogP contribution in [0.1, 0.15) is 50.3 Å². The molecule has 0 amide bonds. The molecule has 0 aliphatic rings. The van der Waals surface area contributed by atoms with Gasteiger partial charge in [-0.05, 0) is 49.6 Å². The highest BCUT2D eigenvalue weighted by Gasteiger charge is 2.37. The molecule has 0 radical (unpaired) electrons. The van der Waals surface area contributed by atoms with E-state index in [9.17, 15) is 26.3 Å². The molecule has 0 aliphatic carbocycles. The Morgan fingerprint density at radius 2 is 1.76 bits per heavy atom. The van der Waals surface area contributed by atoms with Crippen LogP contribution in [0.5, 0.6) is 0 Å². The highest BCUT2D eigenvalue weighted by molar-refractivity contribution is 6.10. The number of allylic oxidation sites excluding steroid dienone is 4. The van der Waals surface area contributed by atoms with Crippen LogP contribution in [0.4, 0.5) is 32.2 Å². The van der Waals surface area contributed by atoms with Gasteiger partial charge in [0.15, 0.2) is 0 Å². The van der Waals surface area contributed by atoms with E-state index in [1.165, 1.54) is 26.1 Å². The highest BCUT2D eigenvalue weighted by Crippen LogP contribution is 2.34. The quantitative estimate of drug-likeness (QED) is 0.227. The first kappa shape index (κ1) is 29.4. The summed E-state index contributed by atoms with van der Waals surface area (Å²) in [4.78, 5) is 8.19. The van der Waals surface area contributed by atoms with Crippen molar-refractivity contribution >= 4 is 17.7 Å². The van der Waals surface area contributed by atoms with E-state index in [2.05, 4.69) is 21.8 Å². The third-order valence-corrected chi connectivity index (χ3v) is 5.33. The van der Waals surface area contributed by atoms with Crippen molar-refractivity contribution in [1.29, 1.82) is 5.41 Å². The number of nitrogens with one attached hydrogen (secondary N) is 1. The Morgan fingerprint density at radius 3 is 2.24 bits per heavy atom. The standard InChI is InChI=1S/C27H26F6N4/c1-4-5-17(2)23(27(31,32)33)14-24(20-9-11-22(12-10-20)26(28,29)30)37-18(3)21(15-34)8-6-19-7-13-25(35)36-16-19/h7,9-17,34H,4-5H2,1-3H3,(H2,35,36)/b21-18+,23-14+,34-15?,37-24+. The first-order chi connectivity index (χ1) is 17.3. The smallest absolute Gasteiger partial charge is 0.384 e. The Balaban J connectivity index is 2.70. The molecule has 2 aromatic rings. The van der Waals surface area contributed by atoms with Crippen LogP contribution in [0.15, 0.2) is 70.5 Å². The summed E-state index contributed by atoms with van der Waals surface area (Å²) in [5.41, 5.74) is 4.31. The number of hydrogen-bond donors (Lipinski definition) is 2. The second kappa shape index (κ2) is 12.4. The van der Waals surface area contributed by atoms with Crippen LogP contribution in [-0.2, 0) is 6.18 Å². The summed E-state index contributed by atoms with van der Waals surface area (Å²) in [5.74, 6) is 4.92. The number of nitrogens with zero attached hydrogens (tertiary/aromatic N) is 2. The minimum atomic E-state index is -4.68. The summed E-state index contributed by atoms with van der Waals surface area (Å²) in [5, 5.41) is 7.69. The number of alkyl halides is 6. The predicted molar refractivity (Wildman–Crippen MR) is 133 cm³/mol. The van der Waals surface area contributed by atoms with E-state index in [-0.39, 0.29) is 29.0 Å². The average molecular weight is 521 g/mol. The van der Waals surface area contributed by atoms with Gasteiger partial charge in [0.25, 0.3) is 0 Å². The molecule has 0 bridgehead atoms. The molecule has 0 aliphatic heterocycles. The fraction of sp³-hybridized carbons (Fsp3) is 0.296. The third kappa shape index (κ3) is 8.63. The van der Waals surface area contributed by atoms with Crippen molar-refractivity contribution in [3.05, 3.63) is 82.2 Å². The molecular weight excluding hydrogens is 494 g/mol. The van der Waals surface area contributed by atoms with E-state index in [1.54, 1.807) is 13.0 Å². The molecule has 1 aromatic heterocycles. The highest BCUT2D eigenvalue weighted by atomic mass is 19.4. The summed E-state index contributed by atoms with van der Waals surface area (Å²) in [7, 11) is 0. The van der Waals surface area contributed by atoms with E-state index < -0.39 is 29.4 Å². The molecule has 196 valence electrons. The first-order valence-corrected chi connectivity index (χ1v) is 11.3.